The minimum Gasteiger partial charge on any atom is -0.273 e. The van der Waals surface area contributed by atoms with Crippen LogP contribution in [0, 0.1) is 5.92 Å². The smallest absolute Gasteiger partial charge is 0.251 e. The van der Waals surface area contributed by atoms with E-state index in [1.54, 1.807) is 0 Å². The van der Waals surface area contributed by atoms with E-state index in [-0.39, 0.29) is 11.8 Å². The molecule has 0 aromatic carbocycles. The molecule has 102 valence electrons. The Hall–Kier alpha value is -1.97. The maximum atomic E-state index is 12.1. The van der Waals surface area contributed by atoms with Gasteiger partial charge in [-0.25, -0.2) is 0 Å². The summed E-state index contributed by atoms with van der Waals surface area (Å²) in [7, 11) is 0. The second-order valence-electron chi connectivity index (χ2n) is 3.59. The quantitative estimate of drug-likeness (QED) is 0.416. The maximum Gasteiger partial charge on any atom is 0.251 e. The fourth-order valence-electron chi connectivity index (χ4n) is 1.51. The van der Waals surface area contributed by atoms with Gasteiger partial charge in [0.1, 0.15) is 0 Å². The van der Waals surface area contributed by atoms with Gasteiger partial charge in [-0.15, -0.1) is 15.3 Å². The Bertz CT molecular complexity index is 467. The first-order valence-corrected chi connectivity index (χ1v) is 6.48. The van der Waals surface area contributed by atoms with Crippen molar-refractivity contribution in [2.45, 2.75) is 13.8 Å². The summed E-state index contributed by atoms with van der Waals surface area (Å²) in [4.78, 5) is 25.1. The van der Waals surface area contributed by atoms with Crippen molar-refractivity contribution in [2.24, 2.45) is 11.0 Å². The van der Waals surface area contributed by atoms with E-state index in [1.807, 2.05) is 13.8 Å². The van der Waals surface area contributed by atoms with Crippen molar-refractivity contribution in [3.63, 3.8) is 0 Å². The zero-order valence-electron chi connectivity index (χ0n) is 10.5. The number of carbonyl (C=O) groups is 2. The van der Waals surface area contributed by atoms with Gasteiger partial charge in [-0.05, 0) is 24.0 Å². The lowest BCUT2D eigenvalue weighted by atomic mass is 10.1. The molecule has 0 unspecified atom stereocenters. The van der Waals surface area contributed by atoms with Crippen LogP contribution in [-0.2, 0) is 9.59 Å². The monoisotopic (exact) mass is 283 g/mol. The van der Waals surface area contributed by atoms with Crippen LogP contribution in [-0.4, -0.2) is 60.0 Å². The van der Waals surface area contributed by atoms with Gasteiger partial charge >= 0.3 is 0 Å². The Kier molecular flexibility index (Phi) is 4.10. The molecule has 0 spiro atoms. The second kappa shape index (κ2) is 5.78. The Labute approximate surface area is 113 Å². The molecule has 0 N–H and O–H groups in total. The molecule has 0 radical (unpaired) electrons. The highest BCUT2D eigenvalue weighted by Gasteiger charge is 2.39. The first-order valence-electron chi connectivity index (χ1n) is 5.75. The molecule has 1 aromatic heterocycles. The molecule has 10 heteroatoms. The first kappa shape index (κ1) is 13.5. The summed E-state index contributed by atoms with van der Waals surface area (Å²) >= 11 is 1.13. The standard InChI is InChI=1S/C9H13N7O2S/c1-3-14-8(17)7(9(18)15(4-2)19-14)5-11-16-12-6-10-13-16/h5-7H,3-4H2,1-2H3. The highest BCUT2D eigenvalue weighted by atomic mass is 32.2. The minimum absolute atomic E-state index is 0.286. The molecule has 2 rings (SSSR count). The van der Waals surface area contributed by atoms with Crippen LogP contribution >= 0.6 is 12.1 Å². The van der Waals surface area contributed by atoms with E-state index in [0.29, 0.717) is 13.1 Å². The van der Waals surface area contributed by atoms with E-state index >= 15 is 0 Å². The summed E-state index contributed by atoms with van der Waals surface area (Å²) < 4.78 is 3.05. The van der Waals surface area contributed by atoms with Crippen molar-refractivity contribution < 1.29 is 9.59 Å². The van der Waals surface area contributed by atoms with Crippen LogP contribution in [0.1, 0.15) is 13.8 Å². The fraction of sp³-hybridized carbons (Fsp3) is 0.556. The number of hydrogen-bond donors (Lipinski definition) is 0. The van der Waals surface area contributed by atoms with E-state index in [1.165, 1.54) is 21.2 Å². The largest absolute Gasteiger partial charge is 0.273 e. The summed E-state index contributed by atoms with van der Waals surface area (Å²) in [6, 6.07) is 0. The molecule has 9 nitrogen and oxygen atoms in total. The van der Waals surface area contributed by atoms with Crippen molar-refractivity contribution in [1.82, 2.24) is 28.9 Å². The number of aromatic nitrogens is 4. The molecule has 1 fully saturated rings. The van der Waals surface area contributed by atoms with E-state index in [4.69, 9.17) is 0 Å². The molecular formula is C9H13N7O2S. The summed E-state index contributed by atoms with van der Waals surface area (Å²) in [5, 5.41) is 14.5. The Morgan fingerprint density at radius 3 is 2.42 bits per heavy atom. The van der Waals surface area contributed by atoms with Gasteiger partial charge in [0, 0.05) is 13.1 Å². The molecule has 0 aliphatic carbocycles. The average Bonchev–Trinajstić information content (AvgIpc) is 2.92. The summed E-state index contributed by atoms with van der Waals surface area (Å²) in [5.41, 5.74) is 0. The van der Waals surface area contributed by atoms with Crippen LogP contribution < -0.4 is 0 Å². The third-order valence-corrected chi connectivity index (χ3v) is 3.72. The fourth-order valence-corrected chi connectivity index (χ4v) is 2.37. The summed E-state index contributed by atoms with van der Waals surface area (Å²) in [6.45, 7) is 4.72. The molecule has 1 aliphatic rings. The van der Waals surface area contributed by atoms with Gasteiger partial charge < -0.3 is 0 Å². The van der Waals surface area contributed by atoms with Crippen LogP contribution in [0.3, 0.4) is 0 Å². The van der Waals surface area contributed by atoms with Crippen molar-refractivity contribution in [2.75, 3.05) is 13.1 Å². The predicted octanol–water partition coefficient (Wildman–Crippen LogP) is -0.603. The SMILES string of the molecule is CCN1SN(CC)C(=O)C(C=Nn2ncnn2)C1=O. The third-order valence-electron chi connectivity index (χ3n) is 2.45. The lowest BCUT2D eigenvalue weighted by Gasteiger charge is -2.34. The van der Waals surface area contributed by atoms with Gasteiger partial charge in [0.15, 0.2) is 12.2 Å². The maximum absolute atomic E-state index is 12.1. The molecular weight excluding hydrogens is 270 g/mol. The van der Waals surface area contributed by atoms with E-state index in [9.17, 15) is 9.59 Å². The lowest BCUT2D eigenvalue weighted by molar-refractivity contribution is -0.140. The van der Waals surface area contributed by atoms with Gasteiger partial charge in [-0.3, -0.25) is 18.2 Å². The molecule has 2 amide bonds. The third kappa shape index (κ3) is 2.72. The minimum atomic E-state index is -0.938. The average molecular weight is 283 g/mol. The number of carbonyl (C=O) groups excluding carboxylic acids is 2. The van der Waals surface area contributed by atoms with Crippen molar-refractivity contribution in [1.29, 1.82) is 0 Å². The lowest BCUT2D eigenvalue weighted by Crippen LogP contribution is -2.49. The Balaban J connectivity index is 2.19. The molecule has 1 aliphatic heterocycles. The zero-order chi connectivity index (χ0) is 13.8. The van der Waals surface area contributed by atoms with Crippen molar-refractivity contribution in [3.05, 3.63) is 6.33 Å². The van der Waals surface area contributed by atoms with Gasteiger partial charge in [0.2, 0.25) is 0 Å². The van der Waals surface area contributed by atoms with Crippen molar-refractivity contribution in [3.8, 4) is 0 Å². The highest BCUT2D eigenvalue weighted by Crippen LogP contribution is 2.26. The van der Waals surface area contributed by atoms with Gasteiger partial charge in [-0.1, -0.05) is 0 Å². The van der Waals surface area contributed by atoms with Crippen molar-refractivity contribution >= 4 is 30.2 Å². The number of tetrazole rings is 1. The predicted molar refractivity (Wildman–Crippen MR) is 67.6 cm³/mol. The summed E-state index contributed by atoms with van der Waals surface area (Å²) in [6.07, 6.45) is 2.46. The number of nitrogens with zero attached hydrogens (tertiary/aromatic N) is 7. The van der Waals surface area contributed by atoms with Crippen LogP contribution in [0.2, 0.25) is 0 Å². The number of rotatable bonds is 4. The Morgan fingerprint density at radius 1 is 1.32 bits per heavy atom. The van der Waals surface area contributed by atoms with E-state index in [0.717, 1.165) is 17.0 Å². The van der Waals surface area contributed by atoms with E-state index in [2.05, 4.69) is 20.5 Å². The van der Waals surface area contributed by atoms with Gasteiger partial charge in [-0.2, -0.15) is 0 Å². The number of hydrogen-bond acceptors (Lipinski definition) is 7. The Morgan fingerprint density at radius 2 is 1.95 bits per heavy atom. The molecule has 0 bridgehead atoms. The molecule has 0 atom stereocenters. The van der Waals surface area contributed by atoms with E-state index < -0.39 is 5.92 Å². The molecule has 19 heavy (non-hydrogen) atoms. The summed E-state index contributed by atoms with van der Waals surface area (Å²) in [5.74, 6) is -1.51. The molecule has 0 saturated carbocycles. The van der Waals surface area contributed by atoms with Crippen LogP contribution in [0.4, 0.5) is 0 Å². The van der Waals surface area contributed by atoms with Gasteiger partial charge in [0.25, 0.3) is 11.8 Å². The van der Waals surface area contributed by atoms with Crippen LogP contribution in [0.15, 0.2) is 11.4 Å². The van der Waals surface area contributed by atoms with Crippen LogP contribution in [0.25, 0.3) is 0 Å². The molecule has 1 saturated heterocycles. The van der Waals surface area contributed by atoms with Crippen LogP contribution in [0.5, 0.6) is 0 Å². The molecule has 1 aromatic rings. The second-order valence-corrected chi connectivity index (χ2v) is 4.64. The highest BCUT2D eigenvalue weighted by molar-refractivity contribution is 7.95. The zero-order valence-corrected chi connectivity index (χ0v) is 11.3. The number of amides is 2. The first-order chi connectivity index (χ1) is 9.17. The molecule has 2 heterocycles. The topological polar surface area (TPSA) is 96.6 Å². The normalized spacial score (nSPS) is 17.8. The van der Waals surface area contributed by atoms with Gasteiger partial charge in [0.05, 0.1) is 18.3 Å².